The van der Waals surface area contributed by atoms with Crippen LogP contribution in [0.2, 0.25) is 10.0 Å². The highest BCUT2D eigenvalue weighted by molar-refractivity contribution is 7.87. The van der Waals surface area contributed by atoms with E-state index in [0.29, 0.717) is 0 Å². The number of halogens is 5. The van der Waals surface area contributed by atoms with Crippen molar-refractivity contribution in [2.24, 2.45) is 5.41 Å². The van der Waals surface area contributed by atoms with E-state index in [1.165, 1.54) is 6.07 Å². The molecule has 0 aliphatic heterocycles. The van der Waals surface area contributed by atoms with Gasteiger partial charge in [-0.05, 0) is 12.1 Å². The molecule has 0 radical (unpaired) electrons. The summed E-state index contributed by atoms with van der Waals surface area (Å²) in [6.07, 6.45) is 0. The molecule has 1 aromatic rings. The lowest BCUT2D eigenvalue weighted by atomic mass is 9.86. The molecule has 0 heterocycles. The molecule has 118 valence electrons. The number of hydrogen-bond acceptors (Lipinski definition) is 2. The van der Waals surface area contributed by atoms with E-state index in [1.807, 2.05) is 0 Å². The van der Waals surface area contributed by atoms with Gasteiger partial charge in [0.25, 0.3) is 0 Å². The second-order valence-corrected chi connectivity index (χ2v) is 7.23. The Morgan fingerprint density at radius 2 is 1.71 bits per heavy atom. The molecular formula is C12H12Cl2F3NO2S. The van der Waals surface area contributed by atoms with Gasteiger partial charge in [0.1, 0.15) is 0 Å². The Morgan fingerprint density at radius 1 is 1.19 bits per heavy atom. The third-order valence-corrected chi connectivity index (χ3v) is 3.83. The van der Waals surface area contributed by atoms with Crippen LogP contribution in [0.25, 0.3) is 0 Å². The molecule has 0 spiro atoms. The summed E-state index contributed by atoms with van der Waals surface area (Å²) in [7, 11) is -3.35. The predicted octanol–water partition coefficient (Wildman–Crippen LogP) is 4.82. The van der Waals surface area contributed by atoms with Crippen LogP contribution in [0.3, 0.4) is 0 Å². The van der Waals surface area contributed by atoms with Crippen LogP contribution < -0.4 is 4.72 Å². The summed E-state index contributed by atoms with van der Waals surface area (Å²) in [5, 5.41) is -0.245. The molecule has 0 aliphatic carbocycles. The first kappa shape index (κ1) is 18.3. The normalized spacial score (nSPS) is 13.9. The molecule has 0 amide bonds. The number of nitrogens with one attached hydrogen (secondary N) is 1. The first-order chi connectivity index (χ1) is 9.34. The first-order valence-corrected chi connectivity index (χ1v) is 7.53. The molecule has 9 heteroatoms. The molecule has 0 fully saturated rings. The van der Waals surface area contributed by atoms with Crippen LogP contribution in [0.4, 0.5) is 18.9 Å². The summed E-state index contributed by atoms with van der Waals surface area (Å²) < 4.78 is 49.7. The van der Waals surface area contributed by atoms with Crippen molar-refractivity contribution < 1.29 is 22.2 Å². The molecule has 0 aromatic heterocycles. The highest BCUT2D eigenvalue weighted by Gasteiger charge is 2.38. The Hall–Kier alpha value is -0.790. The average molecular weight is 362 g/mol. The number of ketones is 1. The molecule has 1 aromatic carbocycles. The minimum absolute atomic E-state index is 0.00803. The SMILES string of the molecule is CC(C)(C)C(=O)c1cc(Cl)cc(NS(=O)C(F)(F)F)c1Cl. The van der Waals surface area contributed by atoms with Gasteiger partial charge in [0.15, 0.2) is 5.78 Å². The number of hydrogen-bond donors (Lipinski definition) is 1. The van der Waals surface area contributed by atoms with Gasteiger partial charge in [0.2, 0.25) is 11.0 Å². The van der Waals surface area contributed by atoms with Crippen LogP contribution in [0.15, 0.2) is 12.1 Å². The van der Waals surface area contributed by atoms with Gasteiger partial charge >= 0.3 is 5.51 Å². The van der Waals surface area contributed by atoms with Gasteiger partial charge in [-0.2, -0.15) is 13.2 Å². The van der Waals surface area contributed by atoms with E-state index in [4.69, 9.17) is 23.2 Å². The monoisotopic (exact) mass is 361 g/mol. The molecule has 0 saturated heterocycles. The molecular weight excluding hydrogens is 350 g/mol. The third kappa shape index (κ3) is 4.59. The maximum absolute atomic E-state index is 12.3. The van der Waals surface area contributed by atoms with E-state index in [-0.39, 0.29) is 21.3 Å². The van der Waals surface area contributed by atoms with Crippen molar-refractivity contribution in [3.05, 3.63) is 27.7 Å². The van der Waals surface area contributed by atoms with Crippen LogP contribution in [0, 0.1) is 5.41 Å². The largest absolute Gasteiger partial charge is 0.490 e. The summed E-state index contributed by atoms with van der Waals surface area (Å²) in [5.74, 6) is -0.393. The van der Waals surface area contributed by atoms with Gasteiger partial charge in [-0.25, -0.2) is 4.21 Å². The van der Waals surface area contributed by atoms with Crippen molar-refractivity contribution in [1.29, 1.82) is 0 Å². The Bertz CT molecular complexity index is 597. The van der Waals surface area contributed by atoms with Crippen LogP contribution in [-0.2, 0) is 11.0 Å². The Kier molecular flexibility index (Phi) is 5.34. The van der Waals surface area contributed by atoms with Crippen LogP contribution in [-0.4, -0.2) is 15.5 Å². The van der Waals surface area contributed by atoms with E-state index < -0.39 is 27.7 Å². The van der Waals surface area contributed by atoms with Gasteiger partial charge < -0.3 is 0 Å². The fourth-order valence-electron chi connectivity index (χ4n) is 1.39. The van der Waals surface area contributed by atoms with Crippen molar-refractivity contribution in [2.75, 3.05) is 4.72 Å². The highest BCUT2D eigenvalue weighted by Crippen LogP contribution is 2.35. The van der Waals surface area contributed by atoms with Gasteiger partial charge in [-0.3, -0.25) is 9.52 Å². The number of rotatable bonds is 3. The second kappa shape index (κ2) is 6.14. The number of carbonyl (C=O) groups excluding carboxylic acids is 1. The van der Waals surface area contributed by atoms with Crippen molar-refractivity contribution in [3.8, 4) is 0 Å². The minimum Gasteiger partial charge on any atom is -0.296 e. The molecule has 1 atom stereocenters. The highest BCUT2D eigenvalue weighted by atomic mass is 35.5. The maximum atomic E-state index is 12.3. The zero-order chi connectivity index (χ0) is 16.6. The number of Topliss-reactive ketones (excluding diaryl/α,β-unsaturated/α-hetero) is 1. The smallest absolute Gasteiger partial charge is 0.296 e. The zero-order valence-corrected chi connectivity index (χ0v) is 13.6. The van der Waals surface area contributed by atoms with Crippen molar-refractivity contribution >= 4 is 45.7 Å². The van der Waals surface area contributed by atoms with Gasteiger partial charge in [-0.15, -0.1) is 0 Å². The number of carbonyl (C=O) groups is 1. The standard InChI is InChI=1S/C12H12Cl2F3NO2S/c1-11(2,3)10(19)7-4-6(13)5-8(9(7)14)18-21(20)12(15,16)17/h4-5,18H,1-3H3. The fraction of sp³-hybridized carbons (Fsp3) is 0.417. The topological polar surface area (TPSA) is 46.2 Å². The average Bonchev–Trinajstić information content (AvgIpc) is 2.29. The second-order valence-electron chi connectivity index (χ2n) is 5.21. The van der Waals surface area contributed by atoms with E-state index in [9.17, 15) is 22.2 Å². The van der Waals surface area contributed by atoms with Crippen molar-refractivity contribution in [3.63, 3.8) is 0 Å². The predicted molar refractivity (Wildman–Crippen MR) is 78.1 cm³/mol. The molecule has 0 saturated carbocycles. The lowest BCUT2D eigenvalue weighted by Crippen LogP contribution is -2.24. The van der Waals surface area contributed by atoms with Crippen LogP contribution >= 0.6 is 23.2 Å². The zero-order valence-electron chi connectivity index (χ0n) is 11.3. The summed E-state index contributed by atoms with van der Waals surface area (Å²) in [6.45, 7) is 4.90. The van der Waals surface area contributed by atoms with Crippen LogP contribution in [0.1, 0.15) is 31.1 Å². The molecule has 0 aliphatic rings. The van der Waals surface area contributed by atoms with Crippen molar-refractivity contribution in [2.45, 2.75) is 26.3 Å². The first-order valence-electron chi connectivity index (χ1n) is 5.63. The van der Waals surface area contributed by atoms with Gasteiger partial charge in [0, 0.05) is 16.0 Å². The summed E-state index contributed by atoms with van der Waals surface area (Å²) in [4.78, 5) is 12.2. The van der Waals surface area contributed by atoms with Gasteiger partial charge in [-0.1, -0.05) is 44.0 Å². The van der Waals surface area contributed by atoms with Crippen molar-refractivity contribution in [1.82, 2.24) is 0 Å². The van der Waals surface area contributed by atoms with Gasteiger partial charge in [0.05, 0.1) is 10.7 Å². The lowest BCUT2D eigenvalue weighted by molar-refractivity contribution is -0.0379. The molecule has 21 heavy (non-hydrogen) atoms. The fourth-order valence-corrected chi connectivity index (χ4v) is 2.38. The Morgan fingerprint density at radius 3 is 2.14 bits per heavy atom. The molecule has 1 unspecified atom stereocenters. The Labute approximate surface area is 132 Å². The van der Waals surface area contributed by atoms with E-state index >= 15 is 0 Å². The molecule has 1 rings (SSSR count). The van der Waals surface area contributed by atoms with E-state index in [2.05, 4.69) is 0 Å². The van der Waals surface area contributed by atoms with E-state index in [1.54, 1.807) is 25.5 Å². The number of benzene rings is 1. The summed E-state index contributed by atoms with van der Waals surface area (Å²) in [6, 6.07) is 2.34. The Balaban J connectivity index is 3.29. The maximum Gasteiger partial charge on any atom is 0.490 e. The molecule has 0 bridgehead atoms. The van der Waals surface area contributed by atoms with Crippen LogP contribution in [0.5, 0.6) is 0 Å². The number of alkyl halides is 3. The number of anilines is 1. The quantitative estimate of drug-likeness (QED) is 0.784. The minimum atomic E-state index is -4.96. The summed E-state index contributed by atoms with van der Waals surface area (Å²) >= 11 is 11.7. The molecule has 3 nitrogen and oxygen atoms in total. The molecule has 1 N–H and O–H groups in total. The van der Waals surface area contributed by atoms with E-state index in [0.717, 1.165) is 6.07 Å². The third-order valence-electron chi connectivity index (χ3n) is 2.38. The lowest BCUT2D eigenvalue weighted by Gasteiger charge is -2.19. The summed E-state index contributed by atoms with van der Waals surface area (Å²) in [5.41, 5.74) is -6.10.